The van der Waals surface area contributed by atoms with Crippen molar-refractivity contribution in [2.24, 2.45) is 5.41 Å². The minimum Gasteiger partial charge on any atom is -0.394 e. The minimum absolute atomic E-state index is 0.433. The molecule has 5 heteroatoms. The molecule has 1 aliphatic rings. The van der Waals surface area contributed by atoms with E-state index in [0.717, 1.165) is 0 Å². The molecule has 0 amide bonds. The van der Waals surface area contributed by atoms with E-state index in [-0.39, 0.29) is 0 Å². The summed E-state index contributed by atoms with van der Waals surface area (Å²) in [4.78, 5) is 0. The fourth-order valence-corrected chi connectivity index (χ4v) is 1.76. The van der Waals surface area contributed by atoms with Crippen LogP contribution in [0.1, 0.15) is 20.8 Å². The van der Waals surface area contributed by atoms with Crippen LogP contribution in [0.25, 0.3) is 0 Å². The largest absolute Gasteiger partial charge is 0.394 e. The number of rotatable bonds is 1. The molecule has 1 fully saturated rings. The first-order chi connectivity index (χ1) is 6.79. The third-order valence-electron chi connectivity index (χ3n) is 2.70. The van der Waals surface area contributed by atoms with Crippen molar-refractivity contribution in [2.45, 2.75) is 51.4 Å². The number of ether oxygens (including phenoxy) is 1. The van der Waals surface area contributed by atoms with Crippen molar-refractivity contribution in [2.75, 3.05) is 6.61 Å². The molecule has 0 spiro atoms. The lowest BCUT2D eigenvalue weighted by molar-refractivity contribution is -0.234. The summed E-state index contributed by atoms with van der Waals surface area (Å²) in [5, 5.41) is 27.8. The van der Waals surface area contributed by atoms with E-state index >= 15 is 0 Å². The van der Waals surface area contributed by atoms with Crippen LogP contribution in [0, 0.1) is 5.41 Å². The summed E-state index contributed by atoms with van der Waals surface area (Å²) in [5.41, 5.74) is -0.492. The van der Waals surface area contributed by atoms with Crippen LogP contribution in [0.4, 0.5) is 4.39 Å². The molecule has 1 heterocycles. The Labute approximate surface area is 88.7 Å². The molecule has 0 aromatic rings. The molecule has 5 atom stereocenters. The van der Waals surface area contributed by atoms with Crippen LogP contribution in [0.2, 0.25) is 0 Å². The van der Waals surface area contributed by atoms with Gasteiger partial charge in [-0.1, -0.05) is 20.8 Å². The van der Waals surface area contributed by atoms with Gasteiger partial charge in [0.25, 0.3) is 0 Å². The number of aliphatic hydroxyl groups excluding tert-OH is 3. The summed E-state index contributed by atoms with van der Waals surface area (Å²) in [7, 11) is 0. The van der Waals surface area contributed by atoms with E-state index in [1.807, 2.05) is 0 Å². The summed E-state index contributed by atoms with van der Waals surface area (Å²) >= 11 is 0. The molecule has 90 valence electrons. The van der Waals surface area contributed by atoms with Crippen LogP contribution >= 0.6 is 0 Å². The fraction of sp³-hybridized carbons (Fsp3) is 1.00. The number of hydrogen-bond acceptors (Lipinski definition) is 4. The normalized spacial score (nSPS) is 43.0. The Hall–Kier alpha value is -0.230. The van der Waals surface area contributed by atoms with Crippen molar-refractivity contribution in [3.05, 3.63) is 0 Å². The molecule has 1 rings (SSSR count). The molecule has 0 radical (unpaired) electrons. The van der Waals surface area contributed by atoms with E-state index in [1.54, 1.807) is 20.8 Å². The van der Waals surface area contributed by atoms with Crippen molar-refractivity contribution in [1.29, 1.82) is 0 Å². The van der Waals surface area contributed by atoms with Gasteiger partial charge in [0, 0.05) is 0 Å². The Bertz CT molecular complexity index is 214. The topological polar surface area (TPSA) is 69.9 Å². The Morgan fingerprint density at radius 1 is 1.20 bits per heavy atom. The van der Waals surface area contributed by atoms with Gasteiger partial charge in [0.2, 0.25) is 0 Å². The lowest BCUT2D eigenvalue weighted by atomic mass is 9.81. The zero-order chi connectivity index (χ0) is 11.8. The van der Waals surface area contributed by atoms with Gasteiger partial charge in [0.15, 0.2) is 6.17 Å². The van der Waals surface area contributed by atoms with E-state index in [9.17, 15) is 14.6 Å². The fourth-order valence-electron chi connectivity index (χ4n) is 1.76. The van der Waals surface area contributed by atoms with Crippen molar-refractivity contribution in [1.82, 2.24) is 0 Å². The van der Waals surface area contributed by atoms with Crippen molar-refractivity contribution in [3.8, 4) is 0 Å². The highest BCUT2D eigenvalue weighted by Gasteiger charge is 2.48. The Morgan fingerprint density at radius 2 is 1.73 bits per heavy atom. The second kappa shape index (κ2) is 4.33. The highest BCUT2D eigenvalue weighted by Crippen LogP contribution is 2.34. The minimum atomic E-state index is -1.64. The van der Waals surface area contributed by atoms with E-state index in [2.05, 4.69) is 0 Å². The van der Waals surface area contributed by atoms with Crippen molar-refractivity contribution >= 4 is 0 Å². The quantitative estimate of drug-likeness (QED) is 0.577. The molecule has 4 nitrogen and oxygen atoms in total. The molecule has 0 aliphatic carbocycles. The second-order valence-electron chi connectivity index (χ2n) is 5.07. The first-order valence-corrected chi connectivity index (χ1v) is 5.05. The van der Waals surface area contributed by atoms with Gasteiger partial charge >= 0.3 is 0 Å². The zero-order valence-corrected chi connectivity index (χ0v) is 9.22. The van der Waals surface area contributed by atoms with Gasteiger partial charge in [-0.2, -0.15) is 0 Å². The molecule has 0 bridgehead atoms. The maximum Gasteiger partial charge on any atom is 0.155 e. The molecular formula is C10H19FO4. The third kappa shape index (κ3) is 2.47. The Morgan fingerprint density at radius 3 is 2.13 bits per heavy atom. The standard InChI is InChI=1S/C10H19FO4/c1-10(2,3)9-6(11)8(14)7(13)5(4-12)15-9/h5-9,12-14H,4H2,1-3H3/t5?,6?,7-,8-,9-/m1/s1. The number of hydrogen-bond donors (Lipinski definition) is 3. The zero-order valence-electron chi connectivity index (χ0n) is 9.22. The predicted octanol–water partition coefficient (Wildman–Crippen LogP) is -0.148. The summed E-state index contributed by atoms with van der Waals surface area (Å²) in [6.45, 7) is 4.91. The van der Waals surface area contributed by atoms with Crippen LogP contribution in [0.5, 0.6) is 0 Å². The van der Waals surface area contributed by atoms with Crippen molar-refractivity contribution < 1.29 is 24.4 Å². The monoisotopic (exact) mass is 222 g/mol. The van der Waals surface area contributed by atoms with E-state index in [1.165, 1.54) is 0 Å². The highest BCUT2D eigenvalue weighted by molar-refractivity contribution is 4.96. The molecule has 1 aliphatic heterocycles. The first kappa shape index (κ1) is 12.8. The molecule has 1 saturated heterocycles. The molecule has 2 unspecified atom stereocenters. The molecule has 0 aromatic heterocycles. The van der Waals surface area contributed by atoms with Gasteiger partial charge in [-0.3, -0.25) is 0 Å². The Balaban J connectivity index is 2.83. The summed E-state index contributed by atoms with van der Waals surface area (Å²) in [6.07, 6.45) is -6.25. The average molecular weight is 222 g/mol. The van der Waals surface area contributed by atoms with E-state index in [4.69, 9.17) is 9.84 Å². The first-order valence-electron chi connectivity index (χ1n) is 5.05. The van der Waals surface area contributed by atoms with E-state index in [0.29, 0.717) is 0 Å². The average Bonchev–Trinajstić information content (AvgIpc) is 2.13. The summed E-state index contributed by atoms with van der Waals surface area (Å²) in [6, 6.07) is 0. The summed E-state index contributed by atoms with van der Waals surface area (Å²) in [5.74, 6) is 0. The number of halogens is 1. The Kier molecular flexibility index (Phi) is 3.71. The SMILES string of the molecule is CC(C)(C)[C@@H]1OC(CO)[C@@H](O)[C@H](O)C1F. The number of aliphatic hydroxyl groups is 3. The van der Waals surface area contributed by atoms with E-state index < -0.39 is 42.6 Å². The lowest BCUT2D eigenvalue weighted by Gasteiger charge is -2.44. The van der Waals surface area contributed by atoms with Crippen LogP contribution in [-0.2, 0) is 4.74 Å². The summed E-state index contributed by atoms with van der Waals surface area (Å²) < 4.78 is 18.9. The molecule has 0 saturated carbocycles. The second-order valence-corrected chi connectivity index (χ2v) is 5.07. The van der Waals surface area contributed by atoms with Crippen LogP contribution < -0.4 is 0 Å². The molecule has 3 N–H and O–H groups in total. The van der Waals surface area contributed by atoms with Gasteiger partial charge in [0.05, 0.1) is 12.7 Å². The van der Waals surface area contributed by atoms with Gasteiger partial charge < -0.3 is 20.1 Å². The molecule has 0 aromatic carbocycles. The molecule has 15 heavy (non-hydrogen) atoms. The van der Waals surface area contributed by atoms with Crippen LogP contribution in [0.15, 0.2) is 0 Å². The van der Waals surface area contributed by atoms with Gasteiger partial charge in [-0.05, 0) is 5.41 Å². The maximum absolute atomic E-state index is 13.7. The van der Waals surface area contributed by atoms with Crippen molar-refractivity contribution in [3.63, 3.8) is 0 Å². The smallest absolute Gasteiger partial charge is 0.155 e. The number of alkyl halides is 1. The lowest BCUT2D eigenvalue weighted by Crippen LogP contribution is -2.60. The maximum atomic E-state index is 13.7. The van der Waals surface area contributed by atoms with Crippen LogP contribution in [0.3, 0.4) is 0 Å². The predicted molar refractivity (Wildman–Crippen MR) is 52.1 cm³/mol. The van der Waals surface area contributed by atoms with Crippen LogP contribution in [-0.4, -0.2) is 52.5 Å². The van der Waals surface area contributed by atoms with Gasteiger partial charge in [-0.15, -0.1) is 0 Å². The molecular weight excluding hydrogens is 203 g/mol. The third-order valence-corrected chi connectivity index (χ3v) is 2.70. The van der Waals surface area contributed by atoms with Gasteiger partial charge in [0.1, 0.15) is 18.3 Å². The highest BCUT2D eigenvalue weighted by atomic mass is 19.1. The van der Waals surface area contributed by atoms with Gasteiger partial charge in [-0.25, -0.2) is 4.39 Å².